The maximum Gasteiger partial charge on any atom is 0.332 e. The molecule has 1 unspecified atom stereocenters. The van der Waals surface area contributed by atoms with E-state index in [2.05, 4.69) is 5.32 Å². The third-order valence-corrected chi connectivity index (χ3v) is 3.55. The number of carboxylic acid groups (broad SMARTS) is 1. The molecule has 110 valence electrons. The van der Waals surface area contributed by atoms with Crippen LogP contribution in [0, 0.1) is 0 Å². The summed E-state index contributed by atoms with van der Waals surface area (Å²) >= 11 is 0. The molecule has 3 amide bonds. The lowest BCUT2D eigenvalue weighted by molar-refractivity contribution is -0.154. The molecule has 8 nitrogen and oxygen atoms in total. The van der Waals surface area contributed by atoms with Crippen LogP contribution in [0.1, 0.15) is 25.7 Å². The summed E-state index contributed by atoms with van der Waals surface area (Å²) in [5, 5.41) is 11.3. The van der Waals surface area contributed by atoms with E-state index in [9.17, 15) is 19.2 Å². The average molecular weight is 284 g/mol. The Morgan fingerprint density at radius 1 is 1.25 bits per heavy atom. The van der Waals surface area contributed by atoms with Gasteiger partial charge in [0, 0.05) is 13.5 Å². The van der Waals surface area contributed by atoms with Gasteiger partial charge >= 0.3 is 5.97 Å². The number of amides is 3. The molecule has 0 saturated carbocycles. The number of aliphatic carboxylic acids is 1. The van der Waals surface area contributed by atoms with Gasteiger partial charge < -0.3 is 15.2 Å². The topological polar surface area (TPSA) is 113 Å². The molecule has 0 aromatic carbocycles. The van der Waals surface area contributed by atoms with Crippen LogP contribution in [0.3, 0.4) is 0 Å². The van der Waals surface area contributed by atoms with Gasteiger partial charge in [0.05, 0.1) is 0 Å². The van der Waals surface area contributed by atoms with Gasteiger partial charge in [-0.05, 0) is 19.3 Å². The van der Waals surface area contributed by atoms with Gasteiger partial charge in [0.1, 0.15) is 12.1 Å². The zero-order valence-electron chi connectivity index (χ0n) is 11.0. The van der Waals surface area contributed by atoms with Crippen molar-refractivity contribution in [2.24, 2.45) is 0 Å². The van der Waals surface area contributed by atoms with Crippen LogP contribution in [0.2, 0.25) is 0 Å². The van der Waals surface area contributed by atoms with E-state index < -0.39 is 36.0 Å². The highest BCUT2D eigenvalue weighted by Gasteiger charge is 2.38. The van der Waals surface area contributed by atoms with Gasteiger partial charge in [0.15, 0.2) is 6.10 Å². The van der Waals surface area contributed by atoms with E-state index in [1.54, 1.807) is 0 Å². The van der Waals surface area contributed by atoms with Gasteiger partial charge in [-0.1, -0.05) is 0 Å². The van der Waals surface area contributed by atoms with Crippen molar-refractivity contribution in [1.29, 1.82) is 0 Å². The molecule has 0 aromatic rings. The lowest BCUT2D eigenvalue weighted by Gasteiger charge is -2.28. The van der Waals surface area contributed by atoms with Crippen molar-refractivity contribution in [3.8, 4) is 0 Å². The molecule has 8 heteroatoms. The number of carbonyl (C=O) groups excluding carboxylic acids is 3. The van der Waals surface area contributed by atoms with Gasteiger partial charge in [-0.15, -0.1) is 0 Å². The highest BCUT2D eigenvalue weighted by atomic mass is 16.5. The second-order valence-electron chi connectivity index (χ2n) is 4.92. The molecule has 20 heavy (non-hydrogen) atoms. The van der Waals surface area contributed by atoms with Crippen LogP contribution in [-0.2, 0) is 23.9 Å². The maximum atomic E-state index is 11.9. The Kier molecular flexibility index (Phi) is 4.03. The first-order chi connectivity index (χ1) is 9.40. The fourth-order valence-electron chi connectivity index (χ4n) is 2.33. The summed E-state index contributed by atoms with van der Waals surface area (Å²) in [4.78, 5) is 46.8. The second-order valence-corrected chi connectivity index (χ2v) is 4.92. The van der Waals surface area contributed by atoms with E-state index in [0.29, 0.717) is 6.42 Å². The summed E-state index contributed by atoms with van der Waals surface area (Å²) in [7, 11) is 1.37. The fourth-order valence-corrected chi connectivity index (χ4v) is 2.33. The smallest absolute Gasteiger partial charge is 0.332 e. The number of nitrogens with one attached hydrogen (secondary N) is 1. The SMILES string of the molecule is CN1C(=O)CCC(NC(=O)[C@@H]2CC[C@H](C(=O)O)O2)C1=O. The van der Waals surface area contributed by atoms with Crippen molar-refractivity contribution < 1.29 is 29.0 Å². The van der Waals surface area contributed by atoms with Crippen LogP contribution in [0.4, 0.5) is 0 Å². The Bertz CT molecular complexity index is 463. The summed E-state index contributed by atoms with van der Waals surface area (Å²) in [6.07, 6.45) is -0.814. The van der Waals surface area contributed by atoms with Crippen molar-refractivity contribution in [2.45, 2.75) is 43.9 Å². The van der Waals surface area contributed by atoms with Gasteiger partial charge in [0.25, 0.3) is 5.91 Å². The van der Waals surface area contributed by atoms with Crippen molar-refractivity contribution in [3.63, 3.8) is 0 Å². The minimum absolute atomic E-state index is 0.191. The van der Waals surface area contributed by atoms with Gasteiger partial charge in [-0.3, -0.25) is 19.3 Å². The summed E-state index contributed by atoms with van der Waals surface area (Å²) in [6, 6.07) is -0.752. The Morgan fingerprint density at radius 2 is 1.90 bits per heavy atom. The van der Waals surface area contributed by atoms with E-state index in [-0.39, 0.29) is 25.2 Å². The number of carboxylic acids is 1. The first-order valence-electron chi connectivity index (χ1n) is 6.39. The van der Waals surface area contributed by atoms with Crippen LogP contribution >= 0.6 is 0 Å². The van der Waals surface area contributed by atoms with Crippen molar-refractivity contribution in [2.75, 3.05) is 7.05 Å². The number of hydrogen-bond acceptors (Lipinski definition) is 5. The van der Waals surface area contributed by atoms with Crippen LogP contribution in [0.5, 0.6) is 0 Å². The van der Waals surface area contributed by atoms with E-state index in [0.717, 1.165) is 4.90 Å². The number of likely N-dealkylation sites (tertiary alicyclic amines) is 1. The monoisotopic (exact) mass is 284 g/mol. The quantitative estimate of drug-likeness (QED) is 0.635. The molecule has 0 spiro atoms. The normalized spacial score (nSPS) is 30.4. The summed E-state index contributed by atoms with van der Waals surface area (Å²) in [6.45, 7) is 0. The number of imide groups is 1. The fraction of sp³-hybridized carbons (Fsp3) is 0.667. The molecule has 0 aliphatic carbocycles. The maximum absolute atomic E-state index is 11.9. The summed E-state index contributed by atoms with van der Waals surface area (Å²) < 4.78 is 5.11. The highest BCUT2D eigenvalue weighted by molar-refractivity contribution is 6.01. The number of likely N-dealkylation sites (N-methyl/N-ethyl adjacent to an activating group) is 1. The average Bonchev–Trinajstić information content (AvgIpc) is 2.89. The van der Waals surface area contributed by atoms with Crippen LogP contribution in [0.15, 0.2) is 0 Å². The molecule has 0 bridgehead atoms. The van der Waals surface area contributed by atoms with Crippen molar-refractivity contribution in [3.05, 3.63) is 0 Å². The lowest BCUT2D eigenvalue weighted by Crippen LogP contribution is -2.54. The third kappa shape index (κ3) is 2.79. The number of hydrogen-bond donors (Lipinski definition) is 2. The standard InChI is InChI=1S/C12H16N2O6/c1-14-9(15)5-2-6(11(14)17)13-10(16)7-3-4-8(20-7)12(18)19/h6-8H,2-5H2,1H3,(H,13,16)(H,18,19)/t6?,7-,8+/m0/s1. The van der Waals surface area contributed by atoms with E-state index in [1.165, 1.54) is 7.05 Å². The molecule has 3 atom stereocenters. The largest absolute Gasteiger partial charge is 0.479 e. The Balaban J connectivity index is 1.91. The summed E-state index contributed by atoms with van der Waals surface area (Å²) in [5.41, 5.74) is 0. The van der Waals surface area contributed by atoms with E-state index in [1.807, 2.05) is 0 Å². The van der Waals surface area contributed by atoms with E-state index in [4.69, 9.17) is 9.84 Å². The van der Waals surface area contributed by atoms with Crippen molar-refractivity contribution in [1.82, 2.24) is 10.2 Å². The Labute approximate surface area is 115 Å². The molecule has 2 fully saturated rings. The second kappa shape index (κ2) is 5.58. The predicted octanol–water partition coefficient (Wildman–Crippen LogP) is -1.12. The number of piperidine rings is 1. The summed E-state index contributed by atoms with van der Waals surface area (Å²) in [5.74, 6) is -2.33. The van der Waals surface area contributed by atoms with Gasteiger partial charge in [0.2, 0.25) is 11.8 Å². The molecule has 2 N–H and O–H groups in total. The molecule has 0 aromatic heterocycles. The van der Waals surface area contributed by atoms with Gasteiger partial charge in [-0.2, -0.15) is 0 Å². The zero-order chi connectivity index (χ0) is 14.9. The zero-order valence-corrected chi connectivity index (χ0v) is 11.0. The predicted molar refractivity (Wildman–Crippen MR) is 64.5 cm³/mol. The first kappa shape index (κ1) is 14.4. The minimum Gasteiger partial charge on any atom is -0.479 e. The highest BCUT2D eigenvalue weighted by Crippen LogP contribution is 2.21. The number of nitrogens with zero attached hydrogens (tertiary/aromatic N) is 1. The number of rotatable bonds is 3. The van der Waals surface area contributed by atoms with Crippen LogP contribution in [-0.4, -0.2) is 59.0 Å². The molecule has 2 aliphatic rings. The van der Waals surface area contributed by atoms with E-state index >= 15 is 0 Å². The molecular formula is C12H16N2O6. The lowest BCUT2D eigenvalue weighted by atomic mass is 10.0. The molecule has 2 heterocycles. The molecule has 2 rings (SSSR count). The van der Waals surface area contributed by atoms with Crippen LogP contribution < -0.4 is 5.32 Å². The minimum atomic E-state index is -1.10. The number of carbonyl (C=O) groups is 4. The van der Waals surface area contributed by atoms with Crippen LogP contribution in [0.25, 0.3) is 0 Å². The Hall–Kier alpha value is -1.96. The molecule has 2 aliphatic heterocycles. The molecule has 2 saturated heterocycles. The van der Waals surface area contributed by atoms with Gasteiger partial charge in [-0.25, -0.2) is 4.79 Å². The van der Waals surface area contributed by atoms with Crippen molar-refractivity contribution >= 4 is 23.7 Å². The molecular weight excluding hydrogens is 268 g/mol. The number of ether oxygens (including phenoxy) is 1. The Morgan fingerprint density at radius 3 is 2.50 bits per heavy atom. The first-order valence-corrected chi connectivity index (χ1v) is 6.39. The third-order valence-electron chi connectivity index (χ3n) is 3.55. The molecule has 0 radical (unpaired) electrons.